The first-order chi connectivity index (χ1) is 9.22. The van der Waals surface area contributed by atoms with Gasteiger partial charge in [-0.1, -0.05) is 11.6 Å². The molecule has 1 saturated carbocycles. The first kappa shape index (κ1) is 17.8. The summed E-state index contributed by atoms with van der Waals surface area (Å²) in [6, 6.07) is 0. The Morgan fingerprint density at radius 2 is 2.10 bits per heavy atom. The number of aliphatic imine (C=N–C) groups is 1. The molecule has 0 amide bonds. The summed E-state index contributed by atoms with van der Waals surface area (Å²) in [7, 11) is 1.78. The average Bonchev–Trinajstić information content (AvgIpc) is 2.41. The number of aliphatic hydroxyl groups is 1. The van der Waals surface area contributed by atoms with Crippen LogP contribution in [0.4, 0.5) is 0 Å². The van der Waals surface area contributed by atoms with Crippen LogP contribution in [0.5, 0.6) is 0 Å². The van der Waals surface area contributed by atoms with Gasteiger partial charge in [0.1, 0.15) is 0 Å². The third-order valence-corrected chi connectivity index (χ3v) is 4.22. The lowest BCUT2D eigenvalue weighted by molar-refractivity contribution is -0.0279. The number of allylic oxidation sites excluding steroid dienone is 1. The molecule has 0 aromatic carbocycles. The fourth-order valence-electron chi connectivity index (χ4n) is 2.70. The maximum atomic E-state index is 10.0. The minimum atomic E-state index is -0.497. The van der Waals surface area contributed by atoms with E-state index in [1.165, 1.54) is 25.7 Å². The van der Waals surface area contributed by atoms with Gasteiger partial charge in [0.25, 0.3) is 0 Å². The molecule has 2 aliphatic rings. The van der Waals surface area contributed by atoms with Crippen LogP contribution in [0.3, 0.4) is 0 Å². The fraction of sp³-hybridized carbons (Fsp3) is 0.800. The zero-order valence-corrected chi connectivity index (χ0v) is 14.8. The van der Waals surface area contributed by atoms with Crippen LogP contribution in [-0.2, 0) is 0 Å². The Balaban J connectivity index is 0.00000200. The van der Waals surface area contributed by atoms with Crippen LogP contribution in [-0.4, -0.2) is 36.8 Å². The van der Waals surface area contributed by atoms with Crippen molar-refractivity contribution >= 4 is 29.9 Å². The van der Waals surface area contributed by atoms with Crippen molar-refractivity contribution in [2.45, 2.75) is 57.0 Å². The highest BCUT2D eigenvalue weighted by atomic mass is 127. The van der Waals surface area contributed by atoms with Gasteiger partial charge in [-0.05, 0) is 51.4 Å². The highest BCUT2D eigenvalue weighted by molar-refractivity contribution is 14.0. The van der Waals surface area contributed by atoms with Gasteiger partial charge in [0.15, 0.2) is 5.96 Å². The lowest BCUT2D eigenvalue weighted by Gasteiger charge is -2.37. The molecule has 3 N–H and O–H groups in total. The number of nitrogens with one attached hydrogen (secondary N) is 2. The molecule has 0 bridgehead atoms. The normalized spacial score (nSPS) is 21.3. The predicted molar refractivity (Wildman–Crippen MR) is 94.7 cm³/mol. The zero-order valence-electron chi connectivity index (χ0n) is 12.5. The third-order valence-electron chi connectivity index (χ3n) is 4.22. The van der Waals surface area contributed by atoms with Crippen molar-refractivity contribution in [1.82, 2.24) is 10.6 Å². The minimum Gasteiger partial charge on any atom is -0.388 e. The summed E-state index contributed by atoms with van der Waals surface area (Å²) in [4.78, 5) is 4.20. The van der Waals surface area contributed by atoms with Gasteiger partial charge in [0, 0.05) is 20.1 Å². The average molecular weight is 393 g/mol. The molecule has 0 spiro atoms. The van der Waals surface area contributed by atoms with E-state index in [1.807, 2.05) is 0 Å². The summed E-state index contributed by atoms with van der Waals surface area (Å²) in [5, 5.41) is 16.6. The van der Waals surface area contributed by atoms with E-state index in [2.05, 4.69) is 21.7 Å². The van der Waals surface area contributed by atoms with Gasteiger partial charge in [-0.3, -0.25) is 4.99 Å². The van der Waals surface area contributed by atoms with Crippen LogP contribution in [0, 0.1) is 0 Å². The molecule has 116 valence electrons. The van der Waals surface area contributed by atoms with Crippen molar-refractivity contribution in [1.29, 1.82) is 0 Å². The Labute approximate surface area is 139 Å². The fourth-order valence-corrected chi connectivity index (χ4v) is 2.70. The standard InChI is InChI=1S/C15H27N3O.HI/c1-16-14(18-12-15(19)9-5-10-15)17-11-8-13-6-3-2-4-7-13;/h6,19H,2-5,7-12H2,1H3,(H2,16,17,18);1H. The van der Waals surface area contributed by atoms with E-state index in [0.29, 0.717) is 6.54 Å². The maximum Gasteiger partial charge on any atom is 0.191 e. The first-order valence-corrected chi connectivity index (χ1v) is 7.57. The summed E-state index contributed by atoms with van der Waals surface area (Å²) in [5.74, 6) is 0.803. The van der Waals surface area contributed by atoms with Gasteiger partial charge in [0.2, 0.25) is 0 Å². The molecule has 5 heteroatoms. The molecule has 0 radical (unpaired) electrons. The maximum absolute atomic E-state index is 10.0. The Kier molecular flexibility index (Phi) is 7.87. The monoisotopic (exact) mass is 393 g/mol. The van der Waals surface area contributed by atoms with Crippen LogP contribution < -0.4 is 10.6 Å². The van der Waals surface area contributed by atoms with Crippen molar-refractivity contribution in [3.8, 4) is 0 Å². The topological polar surface area (TPSA) is 56.7 Å². The molecule has 2 aliphatic carbocycles. The SMILES string of the molecule is CN=C(NCCC1=CCCCC1)NCC1(O)CCC1.I. The van der Waals surface area contributed by atoms with Crippen molar-refractivity contribution in [2.24, 2.45) is 4.99 Å². The van der Waals surface area contributed by atoms with Crippen LogP contribution >= 0.6 is 24.0 Å². The number of halogens is 1. The number of nitrogens with zero attached hydrogens (tertiary/aromatic N) is 1. The second kappa shape index (κ2) is 8.87. The molecule has 20 heavy (non-hydrogen) atoms. The molecular weight excluding hydrogens is 365 g/mol. The highest BCUT2D eigenvalue weighted by Gasteiger charge is 2.34. The predicted octanol–water partition coefficient (Wildman–Crippen LogP) is 2.57. The molecule has 2 rings (SSSR count). The minimum absolute atomic E-state index is 0. The third kappa shape index (κ3) is 5.60. The molecule has 0 heterocycles. The zero-order chi connectivity index (χ0) is 13.6. The van der Waals surface area contributed by atoms with Gasteiger partial charge in [0.05, 0.1) is 5.60 Å². The van der Waals surface area contributed by atoms with Crippen molar-refractivity contribution < 1.29 is 5.11 Å². The first-order valence-electron chi connectivity index (χ1n) is 7.57. The van der Waals surface area contributed by atoms with E-state index in [1.54, 1.807) is 12.6 Å². The van der Waals surface area contributed by atoms with Gasteiger partial charge in [-0.25, -0.2) is 0 Å². The highest BCUT2D eigenvalue weighted by Crippen LogP contribution is 2.30. The molecule has 1 fully saturated rings. The van der Waals surface area contributed by atoms with E-state index >= 15 is 0 Å². The quantitative estimate of drug-likeness (QED) is 0.291. The van der Waals surface area contributed by atoms with Crippen LogP contribution in [0.2, 0.25) is 0 Å². The Hall–Kier alpha value is -0.300. The summed E-state index contributed by atoms with van der Waals surface area (Å²) in [6.45, 7) is 1.53. The second-order valence-electron chi connectivity index (χ2n) is 5.79. The van der Waals surface area contributed by atoms with Crippen molar-refractivity contribution in [3.05, 3.63) is 11.6 Å². The Bertz CT molecular complexity index is 351. The molecule has 0 aromatic rings. The number of guanidine groups is 1. The van der Waals surface area contributed by atoms with Crippen molar-refractivity contribution in [2.75, 3.05) is 20.1 Å². The second-order valence-corrected chi connectivity index (χ2v) is 5.79. The Morgan fingerprint density at radius 3 is 2.65 bits per heavy atom. The summed E-state index contributed by atoms with van der Waals surface area (Å²) in [5.41, 5.74) is 1.08. The van der Waals surface area contributed by atoms with Crippen LogP contribution in [0.1, 0.15) is 51.4 Å². The molecule has 4 nitrogen and oxygen atoms in total. The molecular formula is C15H28IN3O. The summed E-state index contributed by atoms with van der Waals surface area (Å²) >= 11 is 0. The summed E-state index contributed by atoms with van der Waals surface area (Å²) in [6.07, 6.45) is 11.6. The van der Waals surface area contributed by atoms with Gasteiger partial charge in [-0.2, -0.15) is 0 Å². The smallest absolute Gasteiger partial charge is 0.191 e. The van der Waals surface area contributed by atoms with Gasteiger partial charge >= 0.3 is 0 Å². The molecule has 0 saturated heterocycles. The lowest BCUT2D eigenvalue weighted by Crippen LogP contribution is -2.50. The molecule has 0 unspecified atom stereocenters. The van der Waals surface area contributed by atoms with Crippen LogP contribution in [0.25, 0.3) is 0 Å². The van der Waals surface area contributed by atoms with Gasteiger partial charge < -0.3 is 15.7 Å². The number of hydrogen-bond donors (Lipinski definition) is 3. The van der Waals surface area contributed by atoms with Gasteiger partial charge in [-0.15, -0.1) is 24.0 Å². The summed E-state index contributed by atoms with van der Waals surface area (Å²) < 4.78 is 0. The molecule has 0 atom stereocenters. The van der Waals surface area contributed by atoms with Crippen LogP contribution in [0.15, 0.2) is 16.6 Å². The van der Waals surface area contributed by atoms with E-state index in [4.69, 9.17) is 0 Å². The van der Waals surface area contributed by atoms with E-state index < -0.39 is 5.60 Å². The molecule has 0 aliphatic heterocycles. The number of rotatable bonds is 5. The number of hydrogen-bond acceptors (Lipinski definition) is 2. The van der Waals surface area contributed by atoms with E-state index in [0.717, 1.165) is 38.2 Å². The van der Waals surface area contributed by atoms with E-state index in [-0.39, 0.29) is 24.0 Å². The lowest BCUT2D eigenvalue weighted by atomic mass is 9.80. The molecule has 0 aromatic heterocycles. The van der Waals surface area contributed by atoms with E-state index in [9.17, 15) is 5.11 Å². The van der Waals surface area contributed by atoms with Crippen molar-refractivity contribution in [3.63, 3.8) is 0 Å². The largest absolute Gasteiger partial charge is 0.388 e. The Morgan fingerprint density at radius 1 is 1.30 bits per heavy atom.